The number of thiazole rings is 1. The van der Waals surface area contributed by atoms with Crippen LogP contribution in [0.25, 0.3) is 11.3 Å². The van der Waals surface area contributed by atoms with Gasteiger partial charge < -0.3 is 0 Å². The summed E-state index contributed by atoms with van der Waals surface area (Å²) in [5.41, 5.74) is 6.81. The van der Waals surface area contributed by atoms with Crippen LogP contribution in [-0.2, 0) is 0 Å². The van der Waals surface area contributed by atoms with Crippen LogP contribution in [-0.4, -0.2) is 15.8 Å². The van der Waals surface area contributed by atoms with Crippen molar-refractivity contribution in [1.29, 1.82) is 0 Å². The molecule has 0 spiro atoms. The first kappa shape index (κ1) is 16.5. The molecule has 25 heavy (non-hydrogen) atoms. The van der Waals surface area contributed by atoms with Crippen LogP contribution < -0.4 is 10.9 Å². The first-order chi connectivity index (χ1) is 12.0. The maximum Gasteiger partial charge on any atom is 0.269 e. The van der Waals surface area contributed by atoms with Gasteiger partial charge in [0.2, 0.25) is 5.13 Å². The Morgan fingerprint density at radius 2 is 1.80 bits per heavy atom. The number of nitrogens with one attached hydrogen (secondary N) is 2. The Kier molecular flexibility index (Phi) is 4.66. The van der Waals surface area contributed by atoms with E-state index >= 15 is 0 Å². The van der Waals surface area contributed by atoms with E-state index in [2.05, 4.69) is 15.8 Å². The molecule has 3 rings (SSSR count). The first-order valence-electron chi connectivity index (χ1n) is 7.05. The van der Waals surface area contributed by atoms with Gasteiger partial charge in [-0.1, -0.05) is 0 Å². The lowest BCUT2D eigenvalue weighted by Gasteiger charge is -2.05. The maximum absolute atomic E-state index is 12.8. The molecule has 1 aromatic heterocycles. The number of nitro benzene ring substituents is 1. The second-order valence-corrected chi connectivity index (χ2v) is 5.79. The van der Waals surface area contributed by atoms with Crippen LogP contribution in [0.15, 0.2) is 53.9 Å². The fraction of sp³-hybridized carbons (Fsp3) is 0. The highest BCUT2D eigenvalue weighted by Gasteiger charge is 2.09. The molecular formula is C16H11FN4O3S. The van der Waals surface area contributed by atoms with Crippen molar-refractivity contribution in [2.75, 3.05) is 5.43 Å². The number of halogens is 1. The quantitative estimate of drug-likeness (QED) is 0.536. The lowest BCUT2D eigenvalue weighted by atomic mass is 10.1. The summed E-state index contributed by atoms with van der Waals surface area (Å²) in [6.07, 6.45) is 0. The number of non-ortho nitro benzene ring substituents is 1. The molecular weight excluding hydrogens is 347 g/mol. The highest BCUT2D eigenvalue weighted by Crippen LogP contribution is 2.26. The number of hydrazine groups is 1. The molecule has 0 bridgehead atoms. The van der Waals surface area contributed by atoms with Gasteiger partial charge in [0.25, 0.3) is 11.6 Å². The number of nitrogens with zero attached hydrogens (tertiary/aromatic N) is 2. The molecule has 0 fully saturated rings. The molecule has 2 N–H and O–H groups in total. The summed E-state index contributed by atoms with van der Waals surface area (Å²) in [6.45, 7) is 0. The number of aromatic nitrogens is 1. The molecule has 0 aliphatic heterocycles. The van der Waals surface area contributed by atoms with Crippen molar-refractivity contribution >= 4 is 28.1 Å². The Bertz CT molecular complexity index is 910. The third-order valence-corrected chi connectivity index (χ3v) is 4.03. The molecule has 9 heteroatoms. The van der Waals surface area contributed by atoms with Crippen LogP contribution in [0.2, 0.25) is 0 Å². The fourth-order valence-electron chi connectivity index (χ4n) is 2.00. The summed E-state index contributed by atoms with van der Waals surface area (Å²) in [7, 11) is 0. The van der Waals surface area contributed by atoms with E-state index in [9.17, 15) is 19.3 Å². The summed E-state index contributed by atoms with van der Waals surface area (Å²) in [4.78, 5) is 26.4. The van der Waals surface area contributed by atoms with Crippen LogP contribution in [0.4, 0.5) is 15.2 Å². The molecule has 3 aromatic rings. The molecule has 1 heterocycles. The van der Waals surface area contributed by atoms with Gasteiger partial charge in [-0.2, -0.15) is 0 Å². The van der Waals surface area contributed by atoms with Crippen molar-refractivity contribution in [1.82, 2.24) is 10.4 Å². The molecule has 2 aromatic carbocycles. The number of anilines is 1. The van der Waals surface area contributed by atoms with E-state index in [1.54, 1.807) is 17.5 Å². The Morgan fingerprint density at radius 1 is 1.12 bits per heavy atom. The first-order valence-corrected chi connectivity index (χ1v) is 7.93. The molecule has 1 amide bonds. The third kappa shape index (κ3) is 3.96. The second-order valence-electron chi connectivity index (χ2n) is 4.93. The largest absolute Gasteiger partial charge is 0.273 e. The zero-order valence-electron chi connectivity index (χ0n) is 12.6. The van der Waals surface area contributed by atoms with Crippen LogP contribution >= 0.6 is 11.3 Å². The predicted octanol–water partition coefficient (Wildman–Crippen LogP) is 3.61. The van der Waals surface area contributed by atoms with Gasteiger partial charge in [-0.25, -0.2) is 9.37 Å². The smallest absolute Gasteiger partial charge is 0.269 e. The van der Waals surface area contributed by atoms with Gasteiger partial charge in [0, 0.05) is 28.6 Å². The lowest BCUT2D eigenvalue weighted by molar-refractivity contribution is -0.384. The minimum Gasteiger partial charge on any atom is -0.273 e. The zero-order valence-corrected chi connectivity index (χ0v) is 13.4. The van der Waals surface area contributed by atoms with Gasteiger partial charge in [-0.3, -0.25) is 25.8 Å². The molecule has 0 saturated heterocycles. The summed E-state index contributed by atoms with van der Waals surface area (Å²) in [5.74, 6) is -0.843. The summed E-state index contributed by atoms with van der Waals surface area (Å²) in [5, 5.41) is 12.9. The summed E-state index contributed by atoms with van der Waals surface area (Å²) < 4.78 is 12.8. The van der Waals surface area contributed by atoms with Gasteiger partial charge >= 0.3 is 0 Å². The number of carbonyl (C=O) groups is 1. The van der Waals surface area contributed by atoms with E-state index in [0.29, 0.717) is 16.4 Å². The molecule has 0 aliphatic rings. The highest BCUT2D eigenvalue weighted by atomic mass is 32.1. The van der Waals surface area contributed by atoms with Crippen molar-refractivity contribution in [3.8, 4) is 11.3 Å². The maximum atomic E-state index is 12.8. The van der Waals surface area contributed by atoms with E-state index < -0.39 is 16.6 Å². The van der Waals surface area contributed by atoms with E-state index in [1.165, 1.54) is 47.7 Å². The normalized spacial score (nSPS) is 10.3. The van der Waals surface area contributed by atoms with Gasteiger partial charge in [0.1, 0.15) is 5.82 Å². The van der Waals surface area contributed by atoms with Gasteiger partial charge in [-0.15, -0.1) is 11.3 Å². The van der Waals surface area contributed by atoms with Crippen molar-refractivity contribution in [2.24, 2.45) is 0 Å². The van der Waals surface area contributed by atoms with Crippen LogP contribution in [0.3, 0.4) is 0 Å². The van der Waals surface area contributed by atoms with Gasteiger partial charge in [-0.05, 0) is 36.4 Å². The number of hydrogen-bond donors (Lipinski definition) is 2. The highest BCUT2D eigenvalue weighted by molar-refractivity contribution is 7.14. The molecule has 0 saturated carbocycles. The molecule has 0 atom stereocenters. The minimum atomic E-state index is -0.469. The van der Waals surface area contributed by atoms with Crippen LogP contribution in [0.1, 0.15) is 10.4 Å². The van der Waals surface area contributed by atoms with Crippen molar-refractivity contribution in [3.63, 3.8) is 0 Å². The summed E-state index contributed by atoms with van der Waals surface area (Å²) in [6, 6.07) is 11.2. The zero-order chi connectivity index (χ0) is 17.8. The predicted molar refractivity (Wildman–Crippen MR) is 91.7 cm³/mol. The van der Waals surface area contributed by atoms with E-state index in [4.69, 9.17) is 0 Å². The summed E-state index contributed by atoms with van der Waals surface area (Å²) >= 11 is 1.26. The van der Waals surface area contributed by atoms with Crippen molar-refractivity contribution < 1.29 is 14.1 Å². The Balaban J connectivity index is 1.64. The van der Waals surface area contributed by atoms with E-state index in [0.717, 1.165) is 5.56 Å². The number of amides is 1. The Labute approximate surface area is 145 Å². The topological polar surface area (TPSA) is 97.2 Å². The van der Waals surface area contributed by atoms with E-state index in [1.807, 2.05) is 0 Å². The van der Waals surface area contributed by atoms with Gasteiger partial charge in [0.05, 0.1) is 10.6 Å². The van der Waals surface area contributed by atoms with Crippen LogP contribution in [0, 0.1) is 15.9 Å². The molecule has 0 unspecified atom stereocenters. The Hall–Kier alpha value is -3.33. The number of nitro groups is 1. The second kappa shape index (κ2) is 7.05. The lowest BCUT2D eigenvalue weighted by Crippen LogP contribution is -2.29. The number of rotatable bonds is 5. The standard InChI is InChI=1S/C16H11FN4O3S/c17-12-5-1-11(2-6-12)15(22)19-20-16-18-14(9-25-16)10-3-7-13(8-4-10)21(23)24/h1-9H,(H,18,20)(H,19,22). The van der Waals surface area contributed by atoms with Crippen molar-refractivity contribution in [2.45, 2.75) is 0 Å². The van der Waals surface area contributed by atoms with Gasteiger partial charge in [0.15, 0.2) is 0 Å². The minimum absolute atomic E-state index is 0.00360. The number of carbonyl (C=O) groups excluding carboxylic acids is 1. The molecule has 126 valence electrons. The monoisotopic (exact) mass is 358 g/mol. The number of hydrogen-bond acceptors (Lipinski definition) is 6. The van der Waals surface area contributed by atoms with E-state index in [-0.39, 0.29) is 5.69 Å². The number of benzene rings is 2. The molecule has 0 radical (unpaired) electrons. The molecule has 7 nitrogen and oxygen atoms in total. The van der Waals surface area contributed by atoms with Crippen LogP contribution in [0.5, 0.6) is 0 Å². The average molecular weight is 358 g/mol. The molecule has 0 aliphatic carbocycles. The third-order valence-electron chi connectivity index (χ3n) is 3.27. The average Bonchev–Trinajstić information content (AvgIpc) is 3.09. The SMILES string of the molecule is O=C(NNc1nc(-c2ccc([N+](=O)[O-])cc2)cs1)c1ccc(F)cc1. The van der Waals surface area contributed by atoms with Crippen molar-refractivity contribution in [3.05, 3.63) is 75.4 Å². The Morgan fingerprint density at radius 3 is 2.44 bits per heavy atom. The fourth-order valence-corrected chi connectivity index (χ4v) is 2.67.